The molecule has 0 bridgehead atoms. The van der Waals surface area contributed by atoms with Gasteiger partial charge < -0.3 is 10.4 Å². The molecule has 40 heavy (non-hydrogen) atoms. The van der Waals surface area contributed by atoms with Crippen molar-refractivity contribution < 1.29 is 18.3 Å². The zero-order chi connectivity index (χ0) is 29.3. The number of nitrogens with zero attached hydrogens (tertiary/aromatic N) is 1. The molecule has 8 heteroatoms. The highest BCUT2D eigenvalue weighted by Crippen LogP contribution is 2.28. The zero-order valence-electron chi connectivity index (χ0n) is 24.4. The van der Waals surface area contributed by atoms with Crippen LogP contribution in [0, 0.1) is 5.92 Å². The number of rotatable bonds is 16. The number of hydrogen-bond donors (Lipinski definition) is 2. The summed E-state index contributed by atoms with van der Waals surface area (Å²) in [4.78, 5) is 12.6. The van der Waals surface area contributed by atoms with Crippen molar-refractivity contribution in [2.45, 2.75) is 76.7 Å². The standard InChI is InChI=1S/C32H44N2O4S2/c1-6-26-21-28(27-14-11-25(12-15-27)13-18-31(35)36)16-17-30(26)40(37,38)34(5)23-24(2)22-33-32(3,4)19-7-9-29-10-8-20-39-29/h8,10-12,14-17,20-21,24,33H,6-7,9,13,18-19,22-23H2,1-5H3,(H,35,36)/t24-/m1/s1. The molecule has 0 saturated carbocycles. The van der Waals surface area contributed by atoms with Gasteiger partial charge >= 0.3 is 5.97 Å². The highest BCUT2D eigenvalue weighted by molar-refractivity contribution is 7.89. The third kappa shape index (κ3) is 9.26. The fourth-order valence-electron chi connectivity index (χ4n) is 4.87. The Labute approximate surface area is 244 Å². The molecule has 0 unspecified atom stereocenters. The summed E-state index contributed by atoms with van der Waals surface area (Å²) in [6, 6.07) is 17.6. The minimum atomic E-state index is -3.64. The summed E-state index contributed by atoms with van der Waals surface area (Å²) in [5.41, 5.74) is 3.67. The predicted octanol–water partition coefficient (Wildman–Crippen LogP) is 6.64. The Bertz CT molecular complexity index is 1330. The van der Waals surface area contributed by atoms with Crippen LogP contribution < -0.4 is 5.32 Å². The van der Waals surface area contributed by atoms with E-state index in [0.29, 0.717) is 24.3 Å². The maximum absolute atomic E-state index is 13.6. The van der Waals surface area contributed by atoms with E-state index in [1.165, 1.54) is 9.18 Å². The maximum atomic E-state index is 13.6. The first-order chi connectivity index (χ1) is 18.9. The molecule has 0 saturated heterocycles. The summed E-state index contributed by atoms with van der Waals surface area (Å²) in [6.45, 7) is 9.67. The van der Waals surface area contributed by atoms with E-state index in [1.54, 1.807) is 24.5 Å². The fourth-order valence-corrected chi connectivity index (χ4v) is 7.18. The Morgan fingerprint density at radius 3 is 2.40 bits per heavy atom. The molecule has 0 radical (unpaired) electrons. The van der Waals surface area contributed by atoms with Crippen LogP contribution in [0.25, 0.3) is 11.1 Å². The number of nitrogens with one attached hydrogen (secondary N) is 1. The van der Waals surface area contributed by atoms with Gasteiger partial charge in [-0.25, -0.2) is 12.7 Å². The van der Waals surface area contributed by atoms with E-state index in [2.05, 4.69) is 43.6 Å². The van der Waals surface area contributed by atoms with Gasteiger partial charge in [0.05, 0.1) is 4.90 Å². The van der Waals surface area contributed by atoms with E-state index in [-0.39, 0.29) is 17.9 Å². The van der Waals surface area contributed by atoms with Gasteiger partial charge in [-0.3, -0.25) is 4.79 Å². The molecule has 2 aromatic carbocycles. The summed E-state index contributed by atoms with van der Waals surface area (Å²) in [7, 11) is -1.97. The fraction of sp³-hybridized carbons (Fsp3) is 0.469. The number of aryl methyl sites for hydroxylation is 3. The van der Waals surface area contributed by atoms with Crippen molar-refractivity contribution in [3.63, 3.8) is 0 Å². The number of benzene rings is 2. The van der Waals surface area contributed by atoms with Gasteiger partial charge in [-0.15, -0.1) is 11.3 Å². The molecule has 1 atom stereocenters. The van der Waals surface area contributed by atoms with E-state index in [4.69, 9.17) is 5.11 Å². The molecule has 0 aliphatic rings. The van der Waals surface area contributed by atoms with Gasteiger partial charge in [0, 0.05) is 30.4 Å². The van der Waals surface area contributed by atoms with Crippen LogP contribution in [0.4, 0.5) is 0 Å². The topological polar surface area (TPSA) is 86.7 Å². The van der Waals surface area contributed by atoms with Gasteiger partial charge in [-0.05, 0) is 104 Å². The highest BCUT2D eigenvalue weighted by Gasteiger charge is 2.26. The summed E-state index contributed by atoms with van der Waals surface area (Å²) in [5.74, 6) is -0.659. The number of hydrogen-bond acceptors (Lipinski definition) is 5. The molecule has 2 N–H and O–H groups in total. The molecule has 0 fully saturated rings. The Kier molecular flexibility index (Phi) is 11.5. The Morgan fingerprint density at radius 1 is 1.07 bits per heavy atom. The van der Waals surface area contributed by atoms with Crippen LogP contribution in [0.15, 0.2) is 64.9 Å². The smallest absolute Gasteiger partial charge is 0.303 e. The largest absolute Gasteiger partial charge is 0.481 e. The molecular formula is C32H44N2O4S2. The first-order valence-electron chi connectivity index (χ1n) is 14.1. The maximum Gasteiger partial charge on any atom is 0.303 e. The van der Waals surface area contributed by atoms with Crippen molar-refractivity contribution in [1.29, 1.82) is 0 Å². The molecular weight excluding hydrogens is 540 g/mol. The minimum absolute atomic E-state index is 0.0113. The van der Waals surface area contributed by atoms with Gasteiger partial charge in [0.2, 0.25) is 10.0 Å². The van der Waals surface area contributed by atoms with E-state index >= 15 is 0 Å². The molecule has 3 rings (SSSR count). The molecule has 1 heterocycles. The highest BCUT2D eigenvalue weighted by atomic mass is 32.2. The Morgan fingerprint density at radius 2 is 1.77 bits per heavy atom. The third-order valence-corrected chi connectivity index (χ3v) is 10.2. The number of aliphatic carboxylic acids is 1. The summed E-state index contributed by atoms with van der Waals surface area (Å²) >= 11 is 1.80. The first-order valence-corrected chi connectivity index (χ1v) is 16.4. The Hall–Kier alpha value is -2.52. The second-order valence-electron chi connectivity index (χ2n) is 11.4. The van der Waals surface area contributed by atoms with Gasteiger partial charge in [-0.2, -0.15) is 0 Å². The van der Waals surface area contributed by atoms with Crippen molar-refractivity contribution in [3.05, 3.63) is 76.0 Å². The molecule has 3 aromatic rings. The van der Waals surface area contributed by atoms with Crippen LogP contribution in [-0.2, 0) is 34.1 Å². The molecule has 6 nitrogen and oxygen atoms in total. The molecule has 0 amide bonds. The van der Waals surface area contributed by atoms with Crippen molar-refractivity contribution in [3.8, 4) is 11.1 Å². The normalized spacial score (nSPS) is 13.1. The number of carbonyl (C=O) groups is 1. The van der Waals surface area contributed by atoms with Crippen molar-refractivity contribution in [1.82, 2.24) is 9.62 Å². The average molecular weight is 585 g/mol. The third-order valence-electron chi connectivity index (χ3n) is 7.35. The Balaban J connectivity index is 1.60. The van der Waals surface area contributed by atoms with E-state index in [1.807, 2.05) is 43.3 Å². The molecule has 1 aromatic heterocycles. The van der Waals surface area contributed by atoms with Crippen molar-refractivity contribution >= 4 is 27.3 Å². The predicted molar refractivity (Wildman–Crippen MR) is 166 cm³/mol. The van der Waals surface area contributed by atoms with Crippen LogP contribution in [-0.4, -0.2) is 49.5 Å². The van der Waals surface area contributed by atoms with Crippen LogP contribution in [0.5, 0.6) is 0 Å². The quantitative estimate of drug-likeness (QED) is 0.197. The van der Waals surface area contributed by atoms with Gasteiger partial charge in [0.1, 0.15) is 0 Å². The SMILES string of the molecule is CCc1cc(-c2ccc(CCC(=O)O)cc2)ccc1S(=O)(=O)N(C)C[C@H](C)CNC(C)(C)CCCc1cccs1. The van der Waals surface area contributed by atoms with E-state index < -0.39 is 16.0 Å². The lowest BCUT2D eigenvalue weighted by Gasteiger charge is -2.29. The monoisotopic (exact) mass is 584 g/mol. The molecule has 0 aliphatic heterocycles. The molecule has 218 valence electrons. The lowest BCUT2D eigenvalue weighted by Crippen LogP contribution is -2.44. The summed E-state index contributed by atoms with van der Waals surface area (Å²) < 4.78 is 28.6. The number of sulfonamides is 1. The van der Waals surface area contributed by atoms with Crippen molar-refractivity contribution in [2.24, 2.45) is 5.92 Å². The zero-order valence-corrected chi connectivity index (χ0v) is 26.1. The number of thiophene rings is 1. The number of carboxylic acid groups (broad SMARTS) is 1. The van der Waals surface area contributed by atoms with Crippen LogP contribution in [0.2, 0.25) is 0 Å². The molecule has 0 aliphatic carbocycles. The first kappa shape index (κ1) is 32.0. The van der Waals surface area contributed by atoms with Gasteiger partial charge in [0.15, 0.2) is 0 Å². The molecule has 0 spiro atoms. The van der Waals surface area contributed by atoms with Crippen molar-refractivity contribution in [2.75, 3.05) is 20.1 Å². The van der Waals surface area contributed by atoms with Crippen LogP contribution in [0.1, 0.15) is 63.0 Å². The lowest BCUT2D eigenvalue weighted by atomic mass is 9.96. The lowest BCUT2D eigenvalue weighted by molar-refractivity contribution is -0.136. The number of carboxylic acids is 1. The second kappa shape index (κ2) is 14.4. The average Bonchev–Trinajstić information content (AvgIpc) is 3.44. The summed E-state index contributed by atoms with van der Waals surface area (Å²) in [5, 5.41) is 14.7. The summed E-state index contributed by atoms with van der Waals surface area (Å²) in [6.07, 6.45) is 4.46. The minimum Gasteiger partial charge on any atom is -0.481 e. The van der Waals surface area contributed by atoms with Gasteiger partial charge in [-0.1, -0.05) is 50.2 Å². The van der Waals surface area contributed by atoms with Crippen LogP contribution in [0.3, 0.4) is 0 Å². The van der Waals surface area contributed by atoms with Gasteiger partial charge in [0.25, 0.3) is 0 Å². The van der Waals surface area contributed by atoms with Crippen LogP contribution >= 0.6 is 11.3 Å². The van der Waals surface area contributed by atoms with E-state index in [0.717, 1.165) is 48.1 Å². The second-order valence-corrected chi connectivity index (χ2v) is 14.4. The van der Waals surface area contributed by atoms with E-state index in [9.17, 15) is 13.2 Å².